The molecule has 108 valence electrons. The highest BCUT2D eigenvalue weighted by atomic mass is 79.9. The summed E-state index contributed by atoms with van der Waals surface area (Å²) >= 11 is 3.41. The Morgan fingerprint density at radius 2 is 2.05 bits per heavy atom. The second kappa shape index (κ2) is 7.38. The number of rotatable bonds is 7. The van der Waals surface area contributed by atoms with Gasteiger partial charge in [0.15, 0.2) is 0 Å². The minimum atomic E-state index is -0.0851. The zero-order valence-corrected chi connectivity index (χ0v) is 13.1. The second-order valence-corrected chi connectivity index (χ2v) is 5.40. The van der Waals surface area contributed by atoms with Crippen LogP contribution in [0.1, 0.15) is 25.7 Å². The smallest absolute Gasteiger partial charge is 0.277 e. The number of hydrogen-bond acceptors (Lipinski definition) is 4. The third-order valence-electron chi connectivity index (χ3n) is 3.18. The topological polar surface area (TPSA) is 57.0 Å². The number of nitrogens with zero attached hydrogens (tertiary/aromatic N) is 3. The van der Waals surface area contributed by atoms with Crippen LogP contribution >= 0.6 is 15.9 Å². The fraction of sp³-hybridized carbons (Fsp3) is 0.500. The Morgan fingerprint density at radius 3 is 2.80 bits per heavy atom. The molecule has 0 aliphatic heterocycles. The van der Waals surface area contributed by atoms with Gasteiger partial charge in [-0.3, -0.25) is 4.79 Å². The van der Waals surface area contributed by atoms with Crippen LogP contribution in [0.5, 0.6) is 5.75 Å². The minimum absolute atomic E-state index is 0.0851. The maximum Gasteiger partial charge on any atom is 0.277 e. The van der Waals surface area contributed by atoms with Crippen LogP contribution in [0.2, 0.25) is 0 Å². The third kappa shape index (κ3) is 3.56. The van der Waals surface area contributed by atoms with E-state index in [9.17, 15) is 4.79 Å². The van der Waals surface area contributed by atoms with Crippen LogP contribution in [0, 0.1) is 0 Å². The van der Waals surface area contributed by atoms with Gasteiger partial charge in [-0.2, -0.15) is 0 Å². The number of halogens is 1. The van der Waals surface area contributed by atoms with E-state index in [1.807, 2.05) is 0 Å². The number of unbranched alkanes of at least 4 members (excludes halogenated alkanes) is 3. The standard InChI is InChI=1S/C14H18BrN3O2/c1-20-11-6-7-12-13(10-11)16-17-18(14(12)19)9-5-3-2-4-8-15/h6-7,10H,2-5,8-9H2,1H3. The van der Waals surface area contributed by atoms with Crippen molar-refractivity contribution in [1.82, 2.24) is 15.0 Å². The first-order valence-corrected chi connectivity index (χ1v) is 7.86. The molecule has 0 aliphatic rings. The summed E-state index contributed by atoms with van der Waals surface area (Å²) in [6.07, 6.45) is 4.37. The Kier molecular flexibility index (Phi) is 5.52. The van der Waals surface area contributed by atoms with E-state index in [-0.39, 0.29) is 5.56 Å². The number of methoxy groups -OCH3 is 1. The van der Waals surface area contributed by atoms with E-state index in [4.69, 9.17) is 4.74 Å². The van der Waals surface area contributed by atoms with Gasteiger partial charge in [0.05, 0.1) is 12.5 Å². The van der Waals surface area contributed by atoms with Gasteiger partial charge in [-0.1, -0.05) is 34.0 Å². The third-order valence-corrected chi connectivity index (χ3v) is 3.74. The first-order chi connectivity index (χ1) is 9.76. The molecule has 0 atom stereocenters. The van der Waals surface area contributed by atoms with Crippen LogP contribution in [0.15, 0.2) is 23.0 Å². The van der Waals surface area contributed by atoms with Gasteiger partial charge in [0.1, 0.15) is 11.3 Å². The fourth-order valence-corrected chi connectivity index (χ4v) is 2.44. The predicted octanol–water partition coefficient (Wildman–Crippen LogP) is 2.76. The van der Waals surface area contributed by atoms with Gasteiger partial charge < -0.3 is 4.74 Å². The molecule has 0 N–H and O–H groups in total. The Morgan fingerprint density at radius 1 is 1.25 bits per heavy atom. The Labute approximate surface area is 126 Å². The first kappa shape index (κ1) is 15.0. The Hall–Kier alpha value is -1.43. The molecule has 0 radical (unpaired) electrons. The summed E-state index contributed by atoms with van der Waals surface area (Å²) in [5, 5.41) is 9.70. The number of aryl methyl sites for hydroxylation is 1. The van der Waals surface area contributed by atoms with Crippen molar-refractivity contribution in [3.8, 4) is 5.75 Å². The first-order valence-electron chi connectivity index (χ1n) is 6.74. The van der Waals surface area contributed by atoms with Crippen LogP contribution in [0.25, 0.3) is 10.9 Å². The molecule has 2 aromatic rings. The molecule has 20 heavy (non-hydrogen) atoms. The highest BCUT2D eigenvalue weighted by molar-refractivity contribution is 9.09. The van der Waals surface area contributed by atoms with Crippen LogP contribution < -0.4 is 10.3 Å². The molecule has 0 saturated carbocycles. The Bertz CT molecular complexity index is 627. The van der Waals surface area contributed by atoms with E-state index in [2.05, 4.69) is 26.2 Å². The number of benzene rings is 1. The molecular formula is C14H18BrN3O2. The van der Waals surface area contributed by atoms with E-state index in [1.54, 1.807) is 25.3 Å². The second-order valence-electron chi connectivity index (χ2n) is 4.60. The largest absolute Gasteiger partial charge is 0.497 e. The molecule has 1 aromatic carbocycles. The van der Waals surface area contributed by atoms with E-state index >= 15 is 0 Å². The lowest BCUT2D eigenvalue weighted by Gasteiger charge is -2.05. The summed E-state index contributed by atoms with van der Waals surface area (Å²) < 4.78 is 6.56. The number of fused-ring (bicyclic) bond motifs is 1. The van der Waals surface area contributed by atoms with Crippen LogP contribution in [0.4, 0.5) is 0 Å². The van der Waals surface area contributed by atoms with Gasteiger partial charge in [0.25, 0.3) is 5.56 Å². The average Bonchev–Trinajstić information content (AvgIpc) is 2.48. The van der Waals surface area contributed by atoms with E-state index < -0.39 is 0 Å². The van der Waals surface area contributed by atoms with Crippen molar-refractivity contribution in [3.05, 3.63) is 28.6 Å². The molecule has 5 nitrogen and oxygen atoms in total. The zero-order valence-electron chi connectivity index (χ0n) is 11.5. The number of aromatic nitrogens is 3. The number of alkyl halides is 1. The predicted molar refractivity (Wildman–Crippen MR) is 82.6 cm³/mol. The van der Waals surface area contributed by atoms with Crippen LogP contribution in [-0.4, -0.2) is 27.4 Å². The zero-order chi connectivity index (χ0) is 14.4. The summed E-state index contributed by atoms with van der Waals surface area (Å²) in [7, 11) is 1.59. The molecule has 0 unspecified atom stereocenters. The lowest BCUT2D eigenvalue weighted by Crippen LogP contribution is -2.24. The van der Waals surface area contributed by atoms with Crippen molar-refractivity contribution in [2.24, 2.45) is 0 Å². The lowest BCUT2D eigenvalue weighted by molar-refractivity contribution is 0.415. The highest BCUT2D eigenvalue weighted by Crippen LogP contribution is 2.15. The van der Waals surface area contributed by atoms with Crippen molar-refractivity contribution in [2.75, 3.05) is 12.4 Å². The van der Waals surface area contributed by atoms with E-state index in [1.165, 1.54) is 4.68 Å². The maximum absolute atomic E-state index is 12.3. The molecule has 1 aromatic heterocycles. The van der Waals surface area contributed by atoms with E-state index in [0.29, 0.717) is 23.2 Å². The van der Waals surface area contributed by atoms with Crippen molar-refractivity contribution < 1.29 is 4.74 Å². The summed E-state index contributed by atoms with van der Waals surface area (Å²) in [6.45, 7) is 0.621. The lowest BCUT2D eigenvalue weighted by atomic mass is 10.2. The minimum Gasteiger partial charge on any atom is -0.497 e. The molecule has 0 amide bonds. The summed E-state index contributed by atoms with van der Waals surface area (Å²) in [5.74, 6) is 0.679. The van der Waals surface area contributed by atoms with Crippen molar-refractivity contribution in [2.45, 2.75) is 32.2 Å². The van der Waals surface area contributed by atoms with Gasteiger partial charge in [-0.25, -0.2) is 4.68 Å². The molecule has 0 saturated heterocycles. The number of hydrogen-bond donors (Lipinski definition) is 0. The normalized spacial score (nSPS) is 10.9. The van der Waals surface area contributed by atoms with Crippen molar-refractivity contribution >= 4 is 26.8 Å². The molecule has 2 rings (SSSR count). The maximum atomic E-state index is 12.3. The summed E-state index contributed by atoms with van der Waals surface area (Å²) in [5.41, 5.74) is 0.489. The summed E-state index contributed by atoms with van der Waals surface area (Å²) in [6, 6.07) is 5.24. The molecule has 0 bridgehead atoms. The van der Waals surface area contributed by atoms with Gasteiger partial charge in [0.2, 0.25) is 0 Å². The van der Waals surface area contributed by atoms with Crippen LogP contribution in [-0.2, 0) is 6.54 Å². The molecule has 0 aliphatic carbocycles. The van der Waals surface area contributed by atoms with Gasteiger partial charge in [-0.15, -0.1) is 5.10 Å². The summed E-state index contributed by atoms with van der Waals surface area (Å²) in [4.78, 5) is 12.3. The van der Waals surface area contributed by atoms with Gasteiger partial charge in [-0.05, 0) is 25.0 Å². The molecule has 1 heterocycles. The Balaban J connectivity index is 2.11. The number of ether oxygens (including phenoxy) is 1. The molecule has 0 spiro atoms. The molecule has 6 heteroatoms. The average molecular weight is 340 g/mol. The molecular weight excluding hydrogens is 322 g/mol. The molecule has 0 fully saturated rings. The van der Waals surface area contributed by atoms with Crippen molar-refractivity contribution in [1.29, 1.82) is 0 Å². The fourth-order valence-electron chi connectivity index (χ4n) is 2.04. The van der Waals surface area contributed by atoms with Gasteiger partial charge >= 0.3 is 0 Å². The highest BCUT2D eigenvalue weighted by Gasteiger charge is 2.06. The SMILES string of the molecule is COc1ccc2c(=O)n(CCCCCCBr)nnc2c1. The quantitative estimate of drug-likeness (QED) is 0.574. The van der Waals surface area contributed by atoms with Crippen LogP contribution in [0.3, 0.4) is 0 Å². The van der Waals surface area contributed by atoms with E-state index in [0.717, 1.165) is 31.0 Å². The van der Waals surface area contributed by atoms with Crippen molar-refractivity contribution in [3.63, 3.8) is 0 Å². The monoisotopic (exact) mass is 339 g/mol. The van der Waals surface area contributed by atoms with Gasteiger partial charge in [0, 0.05) is 17.9 Å².